The molecular formula is C27H38N2O. The number of hydrogen-bond acceptors (Lipinski definition) is 3. The van der Waals surface area contributed by atoms with Crippen LogP contribution in [0.5, 0.6) is 5.75 Å². The average molecular weight is 407 g/mol. The Morgan fingerprint density at radius 2 is 1.93 bits per heavy atom. The molecule has 0 spiro atoms. The van der Waals surface area contributed by atoms with Gasteiger partial charge in [-0.25, -0.2) is 0 Å². The summed E-state index contributed by atoms with van der Waals surface area (Å²) in [6.45, 7) is 8.12. The Labute approximate surface area is 182 Å². The maximum absolute atomic E-state index is 10.2. The number of phenols is 1. The van der Waals surface area contributed by atoms with Gasteiger partial charge in [0.05, 0.1) is 0 Å². The van der Waals surface area contributed by atoms with Gasteiger partial charge in [-0.3, -0.25) is 4.90 Å². The predicted octanol–water partition coefficient (Wildman–Crippen LogP) is 5.14. The number of nitrogens with zero attached hydrogens (tertiary/aromatic N) is 1. The highest BCUT2D eigenvalue weighted by atomic mass is 16.3. The molecule has 2 N–H and O–H groups in total. The quantitative estimate of drug-likeness (QED) is 0.637. The summed E-state index contributed by atoms with van der Waals surface area (Å²) in [6, 6.07) is 20.2. The van der Waals surface area contributed by atoms with Gasteiger partial charge in [0.15, 0.2) is 0 Å². The van der Waals surface area contributed by atoms with Gasteiger partial charge in [0.2, 0.25) is 0 Å². The van der Waals surface area contributed by atoms with Crippen LogP contribution in [0.25, 0.3) is 0 Å². The lowest BCUT2D eigenvalue weighted by Crippen LogP contribution is -2.61. The van der Waals surface area contributed by atoms with Crippen LogP contribution in [0.1, 0.15) is 57.1 Å². The van der Waals surface area contributed by atoms with Crippen molar-refractivity contribution in [2.45, 2.75) is 69.9 Å². The summed E-state index contributed by atoms with van der Waals surface area (Å²) in [7, 11) is 0. The van der Waals surface area contributed by atoms with Gasteiger partial charge in [-0.1, -0.05) is 56.3 Å². The maximum Gasteiger partial charge on any atom is 0.115 e. The summed E-state index contributed by atoms with van der Waals surface area (Å²) in [6.07, 6.45) is 7.21. The third-order valence-electron chi connectivity index (χ3n) is 7.59. The fraction of sp³-hybridized carbons (Fsp3) is 0.556. The highest BCUT2D eigenvalue weighted by Gasteiger charge is 2.50. The number of piperidine rings is 1. The van der Waals surface area contributed by atoms with E-state index in [0.29, 0.717) is 23.8 Å². The van der Waals surface area contributed by atoms with Gasteiger partial charge in [0.1, 0.15) is 5.75 Å². The van der Waals surface area contributed by atoms with Crippen LogP contribution in [0.3, 0.4) is 0 Å². The minimum Gasteiger partial charge on any atom is -0.508 e. The van der Waals surface area contributed by atoms with Gasteiger partial charge in [-0.05, 0) is 80.8 Å². The van der Waals surface area contributed by atoms with E-state index in [4.69, 9.17) is 0 Å². The van der Waals surface area contributed by atoms with E-state index >= 15 is 0 Å². The van der Waals surface area contributed by atoms with Gasteiger partial charge in [0, 0.05) is 24.0 Å². The molecule has 1 aliphatic heterocycles. The Morgan fingerprint density at radius 3 is 2.70 bits per heavy atom. The lowest BCUT2D eigenvalue weighted by Gasteiger charge is -2.57. The lowest BCUT2D eigenvalue weighted by atomic mass is 9.57. The van der Waals surface area contributed by atoms with Gasteiger partial charge in [-0.15, -0.1) is 0 Å². The summed E-state index contributed by atoms with van der Waals surface area (Å²) in [5.74, 6) is 0.984. The van der Waals surface area contributed by atoms with Crippen LogP contribution < -0.4 is 5.32 Å². The molecule has 4 atom stereocenters. The Hall–Kier alpha value is -1.84. The van der Waals surface area contributed by atoms with Crippen LogP contribution in [-0.2, 0) is 11.8 Å². The number of likely N-dealkylation sites (tertiary alicyclic amines) is 1. The van der Waals surface area contributed by atoms with Crippen LogP contribution in [0.4, 0.5) is 0 Å². The molecule has 2 aliphatic rings. The first-order chi connectivity index (χ1) is 14.6. The molecule has 3 nitrogen and oxygen atoms in total. The van der Waals surface area contributed by atoms with Crippen molar-refractivity contribution in [3.63, 3.8) is 0 Å². The van der Waals surface area contributed by atoms with E-state index in [1.54, 1.807) is 6.07 Å². The lowest BCUT2D eigenvalue weighted by molar-refractivity contribution is -0.00376. The number of benzene rings is 2. The number of aromatic hydroxyl groups is 1. The second-order valence-corrected chi connectivity index (χ2v) is 9.64. The normalized spacial score (nSPS) is 29.1. The zero-order valence-corrected chi connectivity index (χ0v) is 18.7. The second-order valence-electron chi connectivity index (χ2n) is 9.64. The van der Waals surface area contributed by atoms with Crippen molar-refractivity contribution in [3.05, 3.63) is 65.7 Å². The Morgan fingerprint density at radius 1 is 1.10 bits per heavy atom. The molecular weight excluding hydrogens is 368 g/mol. The number of aryl methyl sites for hydroxylation is 1. The van der Waals surface area contributed by atoms with E-state index in [-0.39, 0.29) is 5.41 Å². The fourth-order valence-corrected chi connectivity index (χ4v) is 6.04. The number of nitrogens with one attached hydrogen (secondary N) is 1. The van der Waals surface area contributed by atoms with E-state index < -0.39 is 0 Å². The van der Waals surface area contributed by atoms with E-state index in [0.717, 1.165) is 19.5 Å². The zero-order valence-electron chi connectivity index (χ0n) is 18.7. The second kappa shape index (κ2) is 9.53. The average Bonchev–Trinajstić information content (AvgIpc) is 2.76. The molecule has 1 saturated carbocycles. The monoisotopic (exact) mass is 406 g/mol. The van der Waals surface area contributed by atoms with Gasteiger partial charge in [0.25, 0.3) is 0 Å². The predicted molar refractivity (Wildman–Crippen MR) is 125 cm³/mol. The summed E-state index contributed by atoms with van der Waals surface area (Å²) in [5.41, 5.74) is 2.96. The first kappa shape index (κ1) is 21.4. The van der Waals surface area contributed by atoms with Gasteiger partial charge < -0.3 is 10.4 Å². The van der Waals surface area contributed by atoms with Crippen molar-refractivity contribution >= 4 is 0 Å². The molecule has 0 aromatic heterocycles. The molecule has 4 rings (SSSR count). The van der Waals surface area contributed by atoms with E-state index in [9.17, 15) is 5.11 Å². The smallest absolute Gasteiger partial charge is 0.115 e. The Bertz CT molecular complexity index is 808. The molecule has 1 heterocycles. The number of rotatable bonds is 8. The molecule has 2 aromatic rings. The highest BCUT2D eigenvalue weighted by Crippen LogP contribution is 2.50. The Kier molecular flexibility index (Phi) is 6.80. The number of phenolic OH excluding ortho intramolecular Hbond substituents is 1. The summed E-state index contributed by atoms with van der Waals surface area (Å²) < 4.78 is 0. The van der Waals surface area contributed by atoms with Crippen LogP contribution in [0.2, 0.25) is 0 Å². The van der Waals surface area contributed by atoms with Crippen LogP contribution in [0, 0.1) is 5.92 Å². The third kappa shape index (κ3) is 4.58. The minimum atomic E-state index is 0.170. The maximum atomic E-state index is 10.2. The van der Waals surface area contributed by atoms with Crippen LogP contribution in [-0.4, -0.2) is 41.7 Å². The molecule has 30 heavy (non-hydrogen) atoms. The molecule has 2 aromatic carbocycles. The molecule has 0 unspecified atom stereocenters. The van der Waals surface area contributed by atoms with Crippen molar-refractivity contribution < 1.29 is 5.11 Å². The first-order valence-electron chi connectivity index (χ1n) is 11.9. The molecule has 162 valence electrons. The number of hydrogen-bond donors (Lipinski definition) is 2. The molecule has 1 aliphatic carbocycles. The van der Waals surface area contributed by atoms with Crippen molar-refractivity contribution in [1.29, 1.82) is 0 Å². The summed E-state index contributed by atoms with van der Waals surface area (Å²) >= 11 is 0. The van der Waals surface area contributed by atoms with Gasteiger partial charge in [-0.2, -0.15) is 0 Å². The highest BCUT2D eigenvalue weighted by molar-refractivity contribution is 5.36. The fourth-order valence-electron chi connectivity index (χ4n) is 6.04. The largest absolute Gasteiger partial charge is 0.508 e. The first-order valence-corrected chi connectivity index (χ1v) is 11.9. The molecule has 2 fully saturated rings. The van der Waals surface area contributed by atoms with Gasteiger partial charge >= 0.3 is 0 Å². The Balaban J connectivity index is 1.51. The van der Waals surface area contributed by atoms with E-state index in [1.165, 1.54) is 49.8 Å². The van der Waals surface area contributed by atoms with E-state index in [2.05, 4.69) is 60.5 Å². The SMILES string of the molecule is CCCN[C@H]1C[C@H]2C[C@@](c3cccc(O)c3)(C1)[C@H](C)CN2CCCc1ccccc1. The van der Waals surface area contributed by atoms with Crippen molar-refractivity contribution in [1.82, 2.24) is 10.2 Å². The summed E-state index contributed by atoms with van der Waals surface area (Å²) in [5, 5.41) is 14.0. The zero-order chi connectivity index (χ0) is 21.0. The van der Waals surface area contributed by atoms with E-state index in [1.807, 2.05) is 12.1 Å². The third-order valence-corrected chi connectivity index (χ3v) is 7.59. The molecule has 2 bridgehead atoms. The van der Waals surface area contributed by atoms with Crippen molar-refractivity contribution in [2.75, 3.05) is 19.6 Å². The number of fused-ring (bicyclic) bond motifs is 2. The summed E-state index contributed by atoms with van der Waals surface area (Å²) in [4.78, 5) is 2.77. The van der Waals surface area contributed by atoms with Crippen LogP contribution in [0.15, 0.2) is 54.6 Å². The van der Waals surface area contributed by atoms with Crippen molar-refractivity contribution in [3.8, 4) is 5.75 Å². The minimum absolute atomic E-state index is 0.170. The topological polar surface area (TPSA) is 35.5 Å². The molecule has 3 heteroatoms. The molecule has 1 saturated heterocycles. The van der Waals surface area contributed by atoms with Crippen LogP contribution >= 0.6 is 0 Å². The standard InChI is InChI=1S/C27H38N2O/c1-3-14-28-24-17-25-19-27(18-24,23-12-7-13-26(30)16-23)21(2)20-29(25)15-8-11-22-9-5-4-6-10-22/h4-7,9-10,12-13,16,21,24-25,28,30H,3,8,11,14-15,17-20H2,1-2H3/t21-,24+,25+,27+/m1/s1. The molecule has 0 amide bonds. The van der Waals surface area contributed by atoms with Crippen molar-refractivity contribution in [2.24, 2.45) is 5.92 Å². The molecule has 0 radical (unpaired) electrons.